The fraction of sp³-hybridized carbons (Fsp3) is 0.353. The highest BCUT2D eigenvalue weighted by Crippen LogP contribution is 2.19. The Kier molecular flexibility index (Phi) is 5.10. The molecule has 0 spiro atoms. The van der Waals surface area contributed by atoms with E-state index in [1.807, 2.05) is 25.1 Å². The Morgan fingerprint density at radius 2 is 2.12 bits per heavy atom. The Balaban J connectivity index is 1.57. The molecule has 7 heteroatoms. The highest BCUT2D eigenvalue weighted by atomic mass is 32.1. The van der Waals surface area contributed by atoms with Crippen molar-refractivity contribution in [2.24, 2.45) is 0 Å². The predicted molar refractivity (Wildman–Crippen MR) is 94.4 cm³/mol. The number of anilines is 1. The van der Waals surface area contributed by atoms with Gasteiger partial charge in [0.2, 0.25) is 0 Å². The molecule has 1 aliphatic carbocycles. The minimum absolute atomic E-state index is 0.0551. The summed E-state index contributed by atoms with van der Waals surface area (Å²) in [6.07, 6.45) is 2.12. The van der Waals surface area contributed by atoms with Crippen molar-refractivity contribution in [3.05, 3.63) is 46.5 Å². The number of amides is 2. The maximum absolute atomic E-state index is 12.1. The number of thiazole rings is 1. The summed E-state index contributed by atoms with van der Waals surface area (Å²) in [6.45, 7) is 3.11. The highest BCUT2D eigenvalue weighted by molar-refractivity contribution is 7.13. The number of carbonyl (C=O) groups is 2. The Hall–Kier alpha value is -2.41. The number of rotatable bonds is 7. The smallest absolute Gasteiger partial charge is 0.271 e. The Bertz CT molecular complexity index is 740. The summed E-state index contributed by atoms with van der Waals surface area (Å²) in [4.78, 5) is 28.4. The summed E-state index contributed by atoms with van der Waals surface area (Å²) in [6, 6.07) is 7.64. The molecule has 0 atom stereocenters. The molecule has 2 amide bonds. The first-order chi connectivity index (χ1) is 11.7. The Labute approximate surface area is 144 Å². The van der Waals surface area contributed by atoms with Crippen molar-refractivity contribution < 1.29 is 9.59 Å². The van der Waals surface area contributed by atoms with Gasteiger partial charge in [-0.1, -0.05) is 12.1 Å². The molecule has 1 saturated carbocycles. The maximum atomic E-state index is 12.1. The molecule has 3 N–H and O–H groups in total. The molecule has 6 nitrogen and oxygen atoms in total. The number of carbonyl (C=O) groups excluding carboxylic acids is 2. The van der Waals surface area contributed by atoms with Crippen LogP contribution in [0.25, 0.3) is 0 Å². The monoisotopic (exact) mass is 344 g/mol. The zero-order chi connectivity index (χ0) is 16.9. The number of aromatic nitrogens is 1. The van der Waals surface area contributed by atoms with Crippen molar-refractivity contribution in [3.63, 3.8) is 0 Å². The Morgan fingerprint density at radius 3 is 2.88 bits per heavy atom. The average Bonchev–Trinajstić information content (AvgIpc) is 3.28. The van der Waals surface area contributed by atoms with Crippen molar-refractivity contribution in [2.45, 2.75) is 32.4 Å². The van der Waals surface area contributed by atoms with Crippen LogP contribution >= 0.6 is 11.3 Å². The van der Waals surface area contributed by atoms with Gasteiger partial charge in [-0.15, -0.1) is 11.3 Å². The second-order valence-corrected chi connectivity index (χ2v) is 6.56. The van der Waals surface area contributed by atoms with Gasteiger partial charge in [-0.25, -0.2) is 4.98 Å². The van der Waals surface area contributed by atoms with Crippen molar-refractivity contribution in [2.75, 3.05) is 11.9 Å². The molecule has 1 aromatic carbocycles. The van der Waals surface area contributed by atoms with Crippen LogP contribution in [0.2, 0.25) is 0 Å². The average molecular weight is 344 g/mol. The molecular formula is C17H20N4O2S. The van der Waals surface area contributed by atoms with Gasteiger partial charge >= 0.3 is 0 Å². The fourth-order valence-electron chi connectivity index (χ4n) is 2.20. The lowest BCUT2D eigenvalue weighted by atomic mass is 10.1. The number of hydrogen-bond acceptors (Lipinski definition) is 5. The third-order valence-electron chi connectivity index (χ3n) is 3.62. The van der Waals surface area contributed by atoms with E-state index in [1.54, 1.807) is 11.4 Å². The molecule has 1 aliphatic rings. The summed E-state index contributed by atoms with van der Waals surface area (Å²) in [5, 5.41) is 11.3. The second-order valence-electron chi connectivity index (χ2n) is 5.70. The van der Waals surface area contributed by atoms with E-state index in [4.69, 9.17) is 0 Å². The van der Waals surface area contributed by atoms with Gasteiger partial charge in [0.1, 0.15) is 5.69 Å². The first-order valence-electron chi connectivity index (χ1n) is 8.03. The van der Waals surface area contributed by atoms with Gasteiger partial charge in [0.15, 0.2) is 5.13 Å². The topological polar surface area (TPSA) is 83.1 Å². The summed E-state index contributed by atoms with van der Waals surface area (Å²) >= 11 is 1.41. The van der Waals surface area contributed by atoms with Crippen molar-refractivity contribution >= 4 is 28.3 Å². The van der Waals surface area contributed by atoms with Crippen molar-refractivity contribution in [3.8, 4) is 0 Å². The number of nitrogens with one attached hydrogen (secondary N) is 3. The third kappa shape index (κ3) is 4.32. The number of hydrogen-bond donors (Lipinski definition) is 3. The summed E-state index contributed by atoms with van der Waals surface area (Å²) in [5.41, 5.74) is 1.91. The summed E-state index contributed by atoms with van der Waals surface area (Å²) < 4.78 is 0. The molecule has 0 unspecified atom stereocenters. The molecule has 0 aliphatic heterocycles. The normalized spacial score (nSPS) is 13.4. The van der Waals surface area contributed by atoms with Gasteiger partial charge in [0.25, 0.3) is 11.8 Å². The lowest BCUT2D eigenvalue weighted by Gasteiger charge is -2.07. The molecule has 0 radical (unpaired) electrons. The van der Waals surface area contributed by atoms with Crippen LogP contribution in [0.1, 0.15) is 46.2 Å². The molecular weight excluding hydrogens is 324 g/mol. The van der Waals surface area contributed by atoms with E-state index in [2.05, 4.69) is 20.9 Å². The van der Waals surface area contributed by atoms with Crippen LogP contribution in [-0.4, -0.2) is 29.4 Å². The first kappa shape index (κ1) is 16.4. The molecule has 1 fully saturated rings. The third-order valence-corrected chi connectivity index (χ3v) is 4.42. The quantitative estimate of drug-likeness (QED) is 0.720. The predicted octanol–water partition coefficient (Wildman–Crippen LogP) is 2.40. The van der Waals surface area contributed by atoms with Crippen LogP contribution in [0.4, 0.5) is 5.13 Å². The zero-order valence-electron chi connectivity index (χ0n) is 13.5. The number of nitrogens with zero attached hydrogens (tertiary/aromatic N) is 1. The van der Waals surface area contributed by atoms with Crippen LogP contribution in [-0.2, 0) is 6.54 Å². The van der Waals surface area contributed by atoms with Crippen molar-refractivity contribution in [1.82, 2.24) is 15.6 Å². The molecule has 0 saturated heterocycles. The molecule has 0 bridgehead atoms. The van der Waals surface area contributed by atoms with Crippen LogP contribution in [0.15, 0.2) is 29.6 Å². The number of benzene rings is 1. The molecule has 2 aromatic rings. The fourth-order valence-corrected chi connectivity index (χ4v) is 2.96. The van der Waals surface area contributed by atoms with Crippen LogP contribution in [0.5, 0.6) is 0 Å². The van der Waals surface area contributed by atoms with Gasteiger partial charge in [-0.05, 0) is 37.5 Å². The molecule has 1 aromatic heterocycles. The summed E-state index contributed by atoms with van der Waals surface area (Å²) in [7, 11) is 0. The SMILES string of the molecule is CCNc1nc(C(=O)NCc2cccc(C(=O)NC3CC3)c2)cs1. The lowest BCUT2D eigenvalue weighted by Crippen LogP contribution is -2.26. The molecule has 126 valence electrons. The van der Waals surface area contributed by atoms with Gasteiger partial charge in [0, 0.05) is 30.1 Å². The van der Waals surface area contributed by atoms with E-state index in [1.165, 1.54) is 11.3 Å². The molecule has 24 heavy (non-hydrogen) atoms. The van der Waals surface area contributed by atoms with E-state index >= 15 is 0 Å². The van der Waals surface area contributed by atoms with Crippen LogP contribution in [0, 0.1) is 0 Å². The van der Waals surface area contributed by atoms with Gasteiger partial charge in [-0.2, -0.15) is 0 Å². The van der Waals surface area contributed by atoms with E-state index in [0.717, 1.165) is 30.1 Å². The van der Waals surface area contributed by atoms with E-state index in [-0.39, 0.29) is 11.8 Å². The van der Waals surface area contributed by atoms with Crippen LogP contribution < -0.4 is 16.0 Å². The van der Waals surface area contributed by atoms with Crippen molar-refractivity contribution in [1.29, 1.82) is 0 Å². The van der Waals surface area contributed by atoms with E-state index in [9.17, 15) is 9.59 Å². The molecule has 3 rings (SSSR count). The van der Waals surface area contributed by atoms with Gasteiger partial charge < -0.3 is 16.0 Å². The largest absolute Gasteiger partial charge is 0.362 e. The minimum atomic E-state index is -0.219. The van der Waals surface area contributed by atoms with Gasteiger partial charge in [-0.3, -0.25) is 9.59 Å². The van der Waals surface area contributed by atoms with Gasteiger partial charge in [0.05, 0.1) is 0 Å². The lowest BCUT2D eigenvalue weighted by molar-refractivity contribution is 0.0942. The summed E-state index contributed by atoms with van der Waals surface area (Å²) in [5.74, 6) is -0.274. The molecule has 1 heterocycles. The standard InChI is InChI=1S/C17H20N4O2S/c1-2-18-17-21-14(10-24-17)16(23)19-9-11-4-3-5-12(8-11)15(22)20-13-6-7-13/h3-5,8,10,13H,2,6-7,9H2,1H3,(H,18,21)(H,19,23)(H,20,22). The maximum Gasteiger partial charge on any atom is 0.271 e. The zero-order valence-corrected chi connectivity index (χ0v) is 14.3. The van der Waals surface area contributed by atoms with Crippen LogP contribution in [0.3, 0.4) is 0 Å². The highest BCUT2D eigenvalue weighted by Gasteiger charge is 2.23. The van der Waals surface area contributed by atoms with E-state index in [0.29, 0.717) is 23.8 Å². The Morgan fingerprint density at radius 1 is 1.29 bits per heavy atom. The first-order valence-corrected chi connectivity index (χ1v) is 8.91. The second kappa shape index (κ2) is 7.44. The van der Waals surface area contributed by atoms with E-state index < -0.39 is 0 Å². The minimum Gasteiger partial charge on any atom is -0.362 e.